The van der Waals surface area contributed by atoms with Crippen LogP contribution in [0.1, 0.15) is 29.3 Å². The van der Waals surface area contributed by atoms with Crippen LogP contribution >= 0.6 is 12.2 Å². The smallest absolute Gasteiger partial charge is 0.253 e. The van der Waals surface area contributed by atoms with Crippen LogP contribution in [0.3, 0.4) is 0 Å². The number of amides is 1. The van der Waals surface area contributed by atoms with Gasteiger partial charge in [0.1, 0.15) is 0 Å². The molecule has 1 amide bonds. The van der Waals surface area contributed by atoms with E-state index in [0.717, 1.165) is 5.56 Å². The van der Waals surface area contributed by atoms with Crippen molar-refractivity contribution in [2.75, 3.05) is 7.05 Å². The summed E-state index contributed by atoms with van der Waals surface area (Å²) in [6.45, 7) is 3.93. The fraction of sp³-hybridized carbons (Fsp3) is 0.385. The highest BCUT2D eigenvalue weighted by Crippen LogP contribution is 2.10. The fourth-order valence-electron chi connectivity index (χ4n) is 1.53. The molecular weight excluding hydrogens is 232 g/mol. The zero-order chi connectivity index (χ0) is 13.0. The maximum Gasteiger partial charge on any atom is 0.253 e. The third-order valence-electron chi connectivity index (χ3n) is 2.78. The van der Waals surface area contributed by atoms with Gasteiger partial charge in [0.25, 0.3) is 5.91 Å². The summed E-state index contributed by atoms with van der Waals surface area (Å²) in [6.07, 6.45) is 0.545. The van der Waals surface area contributed by atoms with Crippen molar-refractivity contribution in [1.82, 2.24) is 4.90 Å². The second kappa shape index (κ2) is 5.77. The summed E-state index contributed by atoms with van der Waals surface area (Å²) in [5.41, 5.74) is 7.31. The maximum absolute atomic E-state index is 12.1. The van der Waals surface area contributed by atoms with Crippen LogP contribution in [0.25, 0.3) is 0 Å². The molecule has 1 rings (SSSR count). The van der Waals surface area contributed by atoms with Crippen LogP contribution < -0.4 is 5.73 Å². The lowest BCUT2D eigenvalue weighted by molar-refractivity contribution is 0.0748. The molecule has 0 saturated carbocycles. The summed E-state index contributed by atoms with van der Waals surface area (Å²) in [5.74, 6) is -0.00579. The summed E-state index contributed by atoms with van der Waals surface area (Å²) >= 11 is 4.85. The molecule has 0 spiro atoms. The van der Waals surface area contributed by atoms with Crippen LogP contribution in [0.4, 0.5) is 0 Å². The number of nitrogens with zero attached hydrogens (tertiary/aromatic N) is 1. The van der Waals surface area contributed by atoms with Crippen molar-refractivity contribution in [2.45, 2.75) is 26.3 Å². The zero-order valence-electron chi connectivity index (χ0n) is 10.4. The first kappa shape index (κ1) is 13.6. The van der Waals surface area contributed by atoms with Crippen molar-refractivity contribution in [2.24, 2.45) is 5.73 Å². The fourth-order valence-corrected chi connectivity index (χ4v) is 1.77. The molecule has 0 fully saturated rings. The molecule has 0 radical (unpaired) electrons. The molecule has 1 aromatic carbocycles. The van der Waals surface area contributed by atoms with Crippen LogP contribution in [-0.2, 0) is 0 Å². The molecule has 1 aromatic rings. The predicted molar refractivity (Wildman–Crippen MR) is 74.1 cm³/mol. The average molecular weight is 250 g/mol. The van der Waals surface area contributed by atoms with E-state index in [2.05, 4.69) is 0 Å². The molecule has 0 bridgehead atoms. The first-order valence-corrected chi connectivity index (χ1v) is 5.94. The topological polar surface area (TPSA) is 46.3 Å². The van der Waals surface area contributed by atoms with Crippen molar-refractivity contribution in [3.05, 3.63) is 35.4 Å². The number of hydrogen-bond acceptors (Lipinski definition) is 2. The number of carbonyl (C=O) groups excluding carboxylic acids is 1. The molecule has 1 atom stereocenters. The van der Waals surface area contributed by atoms with Crippen LogP contribution in [0.2, 0.25) is 0 Å². The highest BCUT2D eigenvalue weighted by Gasteiger charge is 2.17. The van der Waals surface area contributed by atoms with Gasteiger partial charge in [0.15, 0.2) is 0 Å². The van der Waals surface area contributed by atoms with E-state index in [9.17, 15) is 4.79 Å². The number of carbonyl (C=O) groups is 1. The Morgan fingerprint density at radius 2 is 1.94 bits per heavy atom. The minimum absolute atomic E-state index is 0.00579. The standard InChI is InChI=1S/C13H18N2OS/c1-9-4-6-11(7-5-9)13(16)15(3)10(2)8-12(14)17/h4-7,10H,8H2,1-3H3,(H2,14,17). The number of rotatable bonds is 4. The first-order valence-electron chi connectivity index (χ1n) is 5.54. The van der Waals surface area contributed by atoms with Gasteiger partial charge < -0.3 is 10.6 Å². The highest BCUT2D eigenvalue weighted by molar-refractivity contribution is 7.80. The second-order valence-corrected chi connectivity index (χ2v) is 4.83. The largest absolute Gasteiger partial charge is 0.393 e. The van der Waals surface area contributed by atoms with E-state index >= 15 is 0 Å². The molecule has 0 aliphatic heterocycles. The number of nitrogens with two attached hydrogens (primary N) is 1. The van der Waals surface area contributed by atoms with Crippen LogP contribution in [0.5, 0.6) is 0 Å². The van der Waals surface area contributed by atoms with Gasteiger partial charge >= 0.3 is 0 Å². The predicted octanol–water partition coefficient (Wildman–Crippen LogP) is 2.13. The van der Waals surface area contributed by atoms with Crippen LogP contribution in [0, 0.1) is 6.92 Å². The van der Waals surface area contributed by atoms with Crippen molar-refractivity contribution in [3.63, 3.8) is 0 Å². The van der Waals surface area contributed by atoms with Gasteiger partial charge in [0.05, 0.1) is 4.99 Å². The van der Waals surface area contributed by atoms with Gasteiger partial charge in [-0.05, 0) is 26.0 Å². The normalized spacial score (nSPS) is 11.9. The van der Waals surface area contributed by atoms with Gasteiger partial charge in [-0.3, -0.25) is 4.79 Å². The van der Waals surface area contributed by atoms with Crippen molar-refractivity contribution in [1.29, 1.82) is 0 Å². The quantitative estimate of drug-likeness (QED) is 0.833. The highest BCUT2D eigenvalue weighted by atomic mass is 32.1. The summed E-state index contributed by atoms with van der Waals surface area (Å²) in [6, 6.07) is 7.54. The summed E-state index contributed by atoms with van der Waals surface area (Å²) in [4.78, 5) is 14.2. The van der Waals surface area contributed by atoms with E-state index in [0.29, 0.717) is 17.0 Å². The number of hydrogen-bond donors (Lipinski definition) is 1. The third-order valence-corrected chi connectivity index (χ3v) is 2.94. The monoisotopic (exact) mass is 250 g/mol. The summed E-state index contributed by atoms with van der Waals surface area (Å²) in [7, 11) is 1.77. The molecule has 0 saturated heterocycles. The number of benzene rings is 1. The van der Waals surface area contributed by atoms with Gasteiger partial charge in [0.2, 0.25) is 0 Å². The van der Waals surface area contributed by atoms with Crippen molar-refractivity contribution in [3.8, 4) is 0 Å². The van der Waals surface area contributed by atoms with Gasteiger partial charge in [0, 0.05) is 25.1 Å². The Kier molecular flexibility index (Phi) is 4.63. The van der Waals surface area contributed by atoms with E-state index in [1.54, 1.807) is 11.9 Å². The summed E-state index contributed by atoms with van der Waals surface area (Å²) < 4.78 is 0. The molecule has 0 aliphatic carbocycles. The van der Waals surface area contributed by atoms with Gasteiger partial charge in [-0.1, -0.05) is 29.9 Å². The lowest BCUT2D eigenvalue weighted by Gasteiger charge is -2.24. The third kappa shape index (κ3) is 3.82. The molecule has 92 valence electrons. The van der Waals surface area contributed by atoms with Crippen LogP contribution in [0.15, 0.2) is 24.3 Å². The molecular formula is C13H18N2OS. The Labute approximate surface area is 108 Å². The summed E-state index contributed by atoms with van der Waals surface area (Å²) in [5, 5.41) is 0. The number of aryl methyl sites for hydroxylation is 1. The first-order chi connectivity index (χ1) is 7.91. The molecule has 2 N–H and O–H groups in total. The zero-order valence-corrected chi connectivity index (χ0v) is 11.3. The Hall–Kier alpha value is -1.42. The average Bonchev–Trinajstić information content (AvgIpc) is 2.27. The molecule has 0 aliphatic rings. The van der Waals surface area contributed by atoms with Crippen molar-refractivity contribution < 1.29 is 4.79 Å². The minimum Gasteiger partial charge on any atom is -0.393 e. The van der Waals surface area contributed by atoms with Crippen molar-refractivity contribution >= 4 is 23.1 Å². The molecule has 0 aromatic heterocycles. The van der Waals surface area contributed by atoms with Gasteiger partial charge in [-0.15, -0.1) is 0 Å². The molecule has 1 unspecified atom stereocenters. The van der Waals surface area contributed by atoms with E-state index in [1.807, 2.05) is 38.1 Å². The molecule has 17 heavy (non-hydrogen) atoms. The number of thiocarbonyl (C=S) groups is 1. The van der Waals surface area contributed by atoms with E-state index < -0.39 is 0 Å². The SMILES string of the molecule is Cc1ccc(C(=O)N(C)C(C)CC(N)=S)cc1. The Morgan fingerprint density at radius 1 is 1.41 bits per heavy atom. The Balaban J connectivity index is 2.75. The molecule has 4 heteroatoms. The maximum atomic E-state index is 12.1. The lowest BCUT2D eigenvalue weighted by Crippen LogP contribution is -2.37. The molecule has 0 heterocycles. The van der Waals surface area contributed by atoms with E-state index in [1.165, 1.54) is 0 Å². The van der Waals surface area contributed by atoms with Gasteiger partial charge in [-0.2, -0.15) is 0 Å². The van der Waals surface area contributed by atoms with E-state index in [-0.39, 0.29) is 11.9 Å². The minimum atomic E-state index is -0.00579. The lowest BCUT2D eigenvalue weighted by atomic mass is 10.1. The van der Waals surface area contributed by atoms with E-state index in [4.69, 9.17) is 18.0 Å². The van der Waals surface area contributed by atoms with Gasteiger partial charge in [-0.25, -0.2) is 0 Å². The van der Waals surface area contributed by atoms with Crippen LogP contribution in [-0.4, -0.2) is 28.9 Å². The molecule has 3 nitrogen and oxygen atoms in total. The Bertz CT molecular complexity index is 414. The Morgan fingerprint density at radius 3 is 2.41 bits per heavy atom. The second-order valence-electron chi connectivity index (χ2n) is 4.30.